The number of fused-ring (bicyclic) bond motifs is 1. The number of nitrogens with one attached hydrogen (secondary N) is 1. The zero-order chi connectivity index (χ0) is 32.2. The first kappa shape index (κ1) is 30.8. The normalized spacial score (nSPS) is 13.8. The highest BCUT2D eigenvalue weighted by Gasteiger charge is 2.36. The van der Waals surface area contributed by atoms with Gasteiger partial charge in [-0.15, -0.1) is 0 Å². The van der Waals surface area contributed by atoms with Crippen LogP contribution in [0, 0.1) is 20.2 Å². The Kier molecular flexibility index (Phi) is 8.83. The molecule has 1 saturated heterocycles. The molecule has 14 nitrogen and oxygen atoms in total. The smallest absolute Gasteiger partial charge is 0.286 e. The molecule has 1 fully saturated rings. The van der Waals surface area contributed by atoms with Crippen molar-refractivity contribution >= 4 is 39.8 Å². The molecule has 1 atom stereocenters. The zero-order valence-corrected chi connectivity index (χ0v) is 25.0. The summed E-state index contributed by atoms with van der Waals surface area (Å²) in [5, 5.41) is 23.9. The van der Waals surface area contributed by atoms with Crippen molar-refractivity contribution in [1.29, 1.82) is 0 Å². The van der Waals surface area contributed by atoms with Gasteiger partial charge in [-0.3, -0.25) is 29.8 Å². The van der Waals surface area contributed by atoms with Crippen LogP contribution >= 0.6 is 0 Å². The number of aromatic nitrogens is 1. The number of H-pyrrole nitrogens is 1. The fourth-order valence-corrected chi connectivity index (χ4v) is 5.60. The number of non-ortho nitro benzene ring substituents is 1. The van der Waals surface area contributed by atoms with E-state index in [1.54, 1.807) is 23.2 Å². The van der Waals surface area contributed by atoms with Gasteiger partial charge in [0.2, 0.25) is 5.91 Å². The van der Waals surface area contributed by atoms with Gasteiger partial charge in [-0.05, 0) is 23.8 Å². The summed E-state index contributed by atoms with van der Waals surface area (Å²) < 4.78 is 10.5. The van der Waals surface area contributed by atoms with Crippen LogP contribution in [0.25, 0.3) is 10.9 Å². The number of benzene rings is 3. The van der Waals surface area contributed by atoms with Gasteiger partial charge < -0.3 is 29.2 Å². The molecule has 1 aliphatic heterocycles. The highest BCUT2D eigenvalue weighted by atomic mass is 16.6. The predicted octanol–water partition coefficient (Wildman–Crippen LogP) is 4.03. The van der Waals surface area contributed by atoms with Crippen LogP contribution in [0.3, 0.4) is 0 Å². The Morgan fingerprint density at radius 3 is 2.20 bits per heavy atom. The fourth-order valence-electron chi connectivity index (χ4n) is 5.60. The number of hydrogen-bond donors (Lipinski definition) is 1. The molecule has 0 radical (unpaired) electrons. The lowest BCUT2D eigenvalue weighted by atomic mass is 10.0. The number of amides is 2. The Labute approximate surface area is 258 Å². The second-order valence-electron chi connectivity index (χ2n) is 10.6. The number of nitro groups is 2. The van der Waals surface area contributed by atoms with Gasteiger partial charge in [0.15, 0.2) is 11.5 Å². The molecule has 2 amide bonds. The molecule has 1 unspecified atom stereocenters. The van der Waals surface area contributed by atoms with Crippen molar-refractivity contribution in [2.24, 2.45) is 0 Å². The van der Waals surface area contributed by atoms with E-state index in [9.17, 15) is 29.8 Å². The van der Waals surface area contributed by atoms with E-state index < -0.39 is 27.5 Å². The Bertz CT molecular complexity index is 1750. The summed E-state index contributed by atoms with van der Waals surface area (Å²) in [4.78, 5) is 58.2. The Morgan fingerprint density at radius 2 is 1.58 bits per heavy atom. The van der Waals surface area contributed by atoms with E-state index in [4.69, 9.17) is 9.47 Å². The minimum atomic E-state index is -0.990. The van der Waals surface area contributed by atoms with Crippen molar-refractivity contribution in [3.8, 4) is 11.5 Å². The van der Waals surface area contributed by atoms with E-state index in [0.29, 0.717) is 26.2 Å². The maximum absolute atomic E-state index is 14.2. The topological polar surface area (TPSA) is 164 Å². The molecule has 1 aromatic heterocycles. The third-order valence-corrected chi connectivity index (χ3v) is 8.11. The van der Waals surface area contributed by atoms with Crippen LogP contribution in [-0.4, -0.2) is 89.9 Å². The summed E-state index contributed by atoms with van der Waals surface area (Å²) >= 11 is 0. The highest BCUT2D eigenvalue weighted by Crippen LogP contribution is 2.35. The van der Waals surface area contributed by atoms with Crippen molar-refractivity contribution in [3.05, 3.63) is 98.2 Å². The molecule has 14 heteroatoms. The monoisotopic (exact) mass is 616 g/mol. The van der Waals surface area contributed by atoms with E-state index in [2.05, 4.69) is 4.98 Å². The summed E-state index contributed by atoms with van der Waals surface area (Å²) in [5.74, 6) is -0.782. The number of aromatic amines is 1. The molecular formula is C31H32N6O8. The van der Waals surface area contributed by atoms with Crippen LogP contribution in [-0.2, 0) is 11.2 Å². The summed E-state index contributed by atoms with van der Waals surface area (Å²) in [6.45, 7) is 1.64. The first-order valence-corrected chi connectivity index (χ1v) is 14.1. The number of carbonyl (C=O) groups is 2. The third-order valence-electron chi connectivity index (χ3n) is 8.11. The van der Waals surface area contributed by atoms with Crippen molar-refractivity contribution in [2.45, 2.75) is 12.5 Å². The van der Waals surface area contributed by atoms with Gasteiger partial charge in [-0.2, -0.15) is 0 Å². The molecule has 0 bridgehead atoms. The van der Waals surface area contributed by atoms with Crippen LogP contribution in [0.5, 0.6) is 11.5 Å². The number of likely N-dealkylation sites (N-methyl/N-ethyl adjacent to an activating group) is 1. The molecule has 0 aliphatic carbocycles. The number of nitro benzene ring substituents is 2. The largest absolute Gasteiger partial charge is 0.493 e. The van der Waals surface area contributed by atoms with Crippen LogP contribution in [0.2, 0.25) is 0 Å². The van der Waals surface area contributed by atoms with Gasteiger partial charge in [-0.25, -0.2) is 0 Å². The standard InChI is InChI=1S/C31H32N6O8/c1-33(30(38)24-17-28(44-2)29(45-3)18-26(24)37(42)43)27(16-20-19-32-25-7-5-4-6-23(20)25)31(39)35-14-12-34(13-15-35)21-8-10-22(11-9-21)36(40)41/h4-11,17-19,27,32H,12-16H2,1-3H3. The van der Waals surface area contributed by atoms with Gasteiger partial charge in [0.1, 0.15) is 11.6 Å². The number of hydrogen-bond acceptors (Lipinski definition) is 9. The highest BCUT2D eigenvalue weighted by molar-refractivity contribution is 6.01. The van der Waals surface area contributed by atoms with Gasteiger partial charge in [0.25, 0.3) is 17.3 Å². The summed E-state index contributed by atoms with van der Waals surface area (Å²) in [5.41, 5.74) is 1.78. The average molecular weight is 617 g/mol. The molecule has 1 N–H and O–H groups in total. The second kappa shape index (κ2) is 12.9. The summed E-state index contributed by atoms with van der Waals surface area (Å²) in [6, 6.07) is 15.3. The SMILES string of the molecule is COc1cc(C(=O)N(C)C(Cc2c[nH]c3ccccc23)C(=O)N2CCN(c3ccc([N+](=O)[O-])cc3)CC2)c([N+](=O)[O-])cc1OC. The van der Waals surface area contributed by atoms with Crippen LogP contribution < -0.4 is 14.4 Å². The Morgan fingerprint density at radius 1 is 0.933 bits per heavy atom. The van der Waals surface area contributed by atoms with Gasteiger partial charge in [0.05, 0.1) is 30.1 Å². The molecule has 4 aromatic rings. The predicted molar refractivity (Wildman–Crippen MR) is 166 cm³/mol. The van der Waals surface area contributed by atoms with E-state index in [1.807, 2.05) is 29.2 Å². The summed E-state index contributed by atoms with van der Waals surface area (Å²) in [6.07, 6.45) is 1.96. The number of methoxy groups -OCH3 is 2. The third kappa shape index (κ3) is 6.20. The Hall–Kier alpha value is -5.66. The molecular weight excluding hydrogens is 584 g/mol. The van der Waals surface area contributed by atoms with E-state index >= 15 is 0 Å². The number of carbonyl (C=O) groups excluding carboxylic acids is 2. The van der Waals surface area contributed by atoms with Crippen molar-refractivity contribution in [2.75, 3.05) is 52.3 Å². The minimum Gasteiger partial charge on any atom is -0.493 e. The van der Waals surface area contributed by atoms with Gasteiger partial charge in [0, 0.05) is 80.6 Å². The van der Waals surface area contributed by atoms with E-state index in [-0.39, 0.29) is 35.1 Å². The van der Waals surface area contributed by atoms with Crippen molar-refractivity contribution in [1.82, 2.24) is 14.8 Å². The van der Waals surface area contributed by atoms with E-state index in [0.717, 1.165) is 28.2 Å². The molecule has 0 spiro atoms. The molecule has 0 saturated carbocycles. The van der Waals surface area contributed by atoms with Crippen molar-refractivity contribution in [3.63, 3.8) is 0 Å². The fraction of sp³-hybridized carbons (Fsp3) is 0.290. The lowest BCUT2D eigenvalue weighted by molar-refractivity contribution is -0.385. The van der Waals surface area contributed by atoms with Crippen LogP contribution in [0.1, 0.15) is 15.9 Å². The molecule has 2 heterocycles. The minimum absolute atomic E-state index is 0.00453. The molecule has 1 aliphatic rings. The van der Waals surface area contributed by atoms with Crippen LogP contribution in [0.15, 0.2) is 66.9 Å². The second-order valence-corrected chi connectivity index (χ2v) is 10.6. The van der Waals surface area contributed by atoms with Gasteiger partial charge in [-0.1, -0.05) is 18.2 Å². The lowest BCUT2D eigenvalue weighted by Gasteiger charge is -2.39. The Balaban J connectivity index is 1.44. The molecule has 234 valence electrons. The molecule has 3 aromatic carbocycles. The molecule has 45 heavy (non-hydrogen) atoms. The van der Waals surface area contributed by atoms with E-state index in [1.165, 1.54) is 44.4 Å². The number of para-hydroxylation sites is 1. The first-order chi connectivity index (χ1) is 21.6. The van der Waals surface area contributed by atoms with Crippen LogP contribution in [0.4, 0.5) is 17.1 Å². The summed E-state index contributed by atoms with van der Waals surface area (Å²) in [7, 11) is 4.17. The van der Waals surface area contributed by atoms with Gasteiger partial charge >= 0.3 is 0 Å². The number of ether oxygens (including phenoxy) is 2. The molecule has 5 rings (SSSR count). The maximum Gasteiger partial charge on any atom is 0.286 e. The number of nitrogens with zero attached hydrogens (tertiary/aromatic N) is 5. The zero-order valence-electron chi connectivity index (χ0n) is 25.0. The number of rotatable bonds is 10. The number of piperazine rings is 1. The first-order valence-electron chi connectivity index (χ1n) is 14.1. The number of anilines is 1. The quantitative estimate of drug-likeness (QED) is 0.205. The maximum atomic E-state index is 14.2. The lowest BCUT2D eigenvalue weighted by Crippen LogP contribution is -2.56. The average Bonchev–Trinajstić information content (AvgIpc) is 3.48. The van der Waals surface area contributed by atoms with Crippen molar-refractivity contribution < 1.29 is 28.9 Å².